The number of esters is 1. The molecule has 1 fully saturated rings. The van der Waals surface area contributed by atoms with Gasteiger partial charge in [0.05, 0.1) is 20.7 Å². The van der Waals surface area contributed by atoms with Crippen LogP contribution in [0.1, 0.15) is 18.4 Å². The Labute approximate surface area is 120 Å². The van der Waals surface area contributed by atoms with Crippen molar-refractivity contribution in [2.24, 2.45) is 0 Å². The number of hydrogen-bond donors (Lipinski definition) is 1. The molecule has 0 saturated carbocycles. The Kier molecular flexibility index (Phi) is 5.18. The summed E-state index contributed by atoms with van der Waals surface area (Å²) in [5.41, 5.74) is 0.873. The predicted octanol–water partition coefficient (Wildman–Crippen LogP) is 0.929. The number of quaternary nitrogens is 1. The first kappa shape index (κ1) is 14.6. The summed E-state index contributed by atoms with van der Waals surface area (Å²) in [5, 5.41) is 0. The highest BCUT2D eigenvalue weighted by molar-refractivity contribution is 5.87. The van der Waals surface area contributed by atoms with Gasteiger partial charge < -0.3 is 14.4 Å². The van der Waals surface area contributed by atoms with Crippen molar-refractivity contribution in [1.82, 2.24) is 0 Å². The third kappa shape index (κ3) is 4.10. The van der Waals surface area contributed by atoms with Crippen LogP contribution in [0.25, 0.3) is 6.08 Å². The molecule has 0 bridgehead atoms. The first-order chi connectivity index (χ1) is 9.69. The summed E-state index contributed by atoms with van der Waals surface area (Å²) in [7, 11) is 3.75. The van der Waals surface area contributed by atoms with E-state index in [4.69, 9.17) is 9.47 Å². The van der Waals surface area contributed by atoms with Crippen LogP contribution in [0, 0.1) is 0 Å². The molecule has 0 amide bonds. The molecule has 1 heterocycles. The maximum absolute atomic E-state index is 11.8. The number of benzene rings is 1. The molecule has 2 atom stereocenters. The third-order valence-corrected chi connectivity index (χ3v) is 3.53. The molecule has 0 radical (unpaired) electrons. The van der Waals surface area contributed by atoms with Crippen LogP contribution in [0.3, 0.4) is 0 Å². The molecule has 1 aromatic rings. The lowest BCUT2D eigenvalue weighted by molar-refractivity contribution is -0.888. The van der Waals surface area contributed by atoms with E-state index < -0.39 is 0 Å². The summed E-state index contributed by atoms with van der Waals surface area (Å²) in [6, 6.07) is 7.58. The maximum atomic E-state index is 11.8. The number of piperidine rings is 1. The molecule has 0 aromatic heterocycles. The van der Waals surface area contributed by atoms with E-state index in [1.54, 1.807) is 13.2 Å². The van der Waals surface area contributed by atoms with Crippen molar-refractivity contribution in [3.63, 3.8) is 0 Å². The number of likely N-dealkylation sites (N-methyl/N-ethyl adjacent to an activating group) is 1. The van der Waals surface area contributed by atoms with Crippen molar-refractivity contribution in [2.45, 2.75) is 18.9 Å². The quantitative estimate of drug-likeness (QED) is 0.657. The van der Waals surface area contributed by atoms with Crippen molar-refractivity contribution in [1.29, 1.82) is 0 Å². The fraction of sp³-hybridized carbons (Fsp3) is 0.438. The van der Waals surface area contributed by atoms with Gasteiger partial charge in [0, 0.05) is 18.1 Å². The first-order valence-electron chi connectivity index (χ1n) is 7.02. The highest BCUT2D eigenvalue weighted by Gasteiger charge is 2.22. The van der Waals surface area contributed by atoms with Crippen molar-refractivity contribution in [2.75, 3.05) is 27.2 Å². The van der Waals surface area contributed by atoms with Gasteiger partial charge in [-0.1, -0.05) is 18.2 Å². The normalized spacial score (nSPS) is 22.7. The molecule has 2 rings (SSSR count). The minimum Gasteiger partial charge on any atom is -0.496 e. The van der Waals surface area contributed by atoms with Gasteiger partial charge in [-0.15, -0.1) is 0 Å². The van der Waals surface area contributed by atoms with Crippen molar-refractivity contribution >= 4 is 12.0 Å². The van der Waals surface area contributed by atoms with Crippen LogP contribution in [0.15, 0.2) is 30.3 Å². The average Bonchev–Trinajstić information content (AvgIpc) is 2.45. The van der Waals surface area contributed by atoms with Gasteiger partial charge in [0.1, 0.15) is 12.3 Å². The predicted molar refractivity (Wildman–Crippen MR) is 77.8 cm³/mol. The zero-order chi connectivity index (χ0) is 14.4. The molecule has 20 heavy (non-hydrogen) atoms. The zero-order valence-electron chi connectivity index (χ0n) is 12.1. The van der Waals surface area contributed by atoms with E-state index in [0.29, 0.717) is 0 Å². The summed E-state index contributed by atoms with van der Waals surface area (Å²) >= 11 is 0. The van der Waals surface area contributed by atoms with Crippen LogP contribution in [-0.2, 0) is 9.53 Å². The van der Waals surface area contributed by atoms with Crippen LogP contribution in [0.5, 0.6) is 5.75 Å². The van der Waals surface area contributed by atoms with Gasteiger partial charge in [0.15, 0.2) is 6.10 Å². The minimum atomic E-state index is -0.282. The summed E-state index contributed by atoms with van der Waals surface area (Å²) in [4.78, 5) is 13.3. The van der Waals surface area contributed by atoms with E-state index >= 15 is 0 Å². The molecule has 0 aliphatic carbocycles. The highest BCUT2D eigenvalue weighted by Crippen LogP contribution is 2.18. The van der Waals surface area contributed by atoms with Crippen molar-refractivity contribution in [3.8, 4) is 5.75 Å². The summed E-state index contributed by atoms with van der Waals surface area (Å²) in [6.45, 7) is 2.05. The SMILES string of the molecule is COc1ccccc1/C=C/C(=O)O[C@H]1CCC[NH+](C)C1. The molecule has 4 nitrogen and oxygen atoms in total. The van der Waals surface area contributed by atoms with Gasteiger partial charge in [-0.3, -0.25) is 0 Å². The second-order valence-corrected chi connectivity index (χ2v) is 5.19. The van der Waals surface area contributed by atoms with E-state index in [1.165, 1.54) is 11.0 Å². The molecule has 108 valence electrons. The highest BCUT2D eigenvalue weighted by atomic mass is 16.5. The summed E-state index contributed by atoms with van der Waals surface area (Å²) in [5.74, 6) is 0.467. The standard InChI is InChI=1S/C16H21NO3/c1-17-11-5-7-14(12-17)20-16(18)10-9-13-6-3-4-8-15(13)19-2/h3-4,6,8-10,14H,5,7,11-12H2,1-2H3/p+1/b10-9+/t14-/m0/s1. The number of carbonyl (C=O) groups excluding carboxylic acids is 1. The Hall–Kier alpha value is -1.81. The van der Waals surface area contributed by atoms with Gasteiger partial charge in [-0.25, -0.2) is 4.79 Å². The number of likely N-dealkylation sites (tertiary alicyclic amines) is 1. The lowest BCUT2D eigenvalue weighted by Crippen LogP contribution is -3.11. The van der Waals surface area contributed by atoms with E-state index in [1.807, 2.05) is 24.3 Å². The lowest BCUT2D eigenvalue weighted by atomic mass is 10.1. The second-order valence-electron chi connectivity index (χ2n) is 5.19. The Morgan fingerprint density at radius 3 is 2.95 bits per heavy atom. The van der Waals surface area contributed by atoms with Crippen molar-refractivity contribution < 1.29 is 19.2 Å². The Bertz CT molecular complexity index is 484. The fourth-order valence-corrected chi connectivity index (χ4v) is 2.49. The third-order valence-electron chi connectivity index (χ3n) is 3.53. The van der Waals surface area contributed by atoms with Crippen LogP contribution in [-0.4, -0.2) is 39.3 Å². The second kappa shape index (κ2) is 7.10. The number of ether oxygens (including phenoxy) is 2. The van der Waals surface area contributed by atoms with E-state index in [-0.39, 0.29) is 12.1 Å². The molecule has 0 spiro atoms. The Morgan fingerprint density at radius 1 is 1.40 bits per heavy atom. The van der Waals surface area contributed by atoms with Gasteiger partial charge >= 0.3 is 5.97 Å². The van der Waals surface area contributed by atoms with E-state index in [2.05, 4.69) is 7.05 Å². The van der Waals surface area contributed by atoms with E-state index in [0.717, 1.165) is 37.2 Å². The molecule has 1 unspecified atom stereocenters. The molecule has 1 aromatic carbocycles. The Morgan fingerprint density at radius 2 is 2.20 bits per heavy atom. The lowest BCUT2D eigenvalue weighted by Gasteiger charge is -2.26. The number of rotatable bonds is 4. The largest absolute Gasteiger partial charge is 0.496 e. The van der Waals surface area contributed by atoms with Gasteiger partial charge in [-0.2, -0.15) is 0 Å². The molecule has 1 aliphatic heterocycles. The molecule has 1 aliphatic rings. The minimum absolute atomic E-state index is 0.0403. The first-order valence-corrected chi connectivity index (χ1v) is 7.02. The summed E-state index contributed by atoms with van der Waals surface area (Å²) < 4.78 is 10.7. The fourth-order valence-electron chi connectivity index (χ4n) is 2.49. The molecule has 1 saturated heterocycles. The number of methoxy groups -OCH3 is 1. The topological polar surface area (TPSA) is 40.0 Å². The average molecular weight is 276 g/mol. The Balaban J connectivity index is 1.92. The van der Waals surface area contributed by atoms with Gasteiger partial charge in [0.25, 0.3) is 0 Å². The van der Waals surface area contributed by atoms with Crippen LogP contribution >= 0.6 is 0 Å². The summed E-state index contributed by atoms with van der Waals surface area (Å²) in [6.07, 6.45) is 5.33. The van der Waals surface area contributed by atoms with Gasteiger partial charge in [-0.05, 0) is 18.6 Å². The monoisotopic (exact) mass is 276 g/mol. The number of para-hydroxylation sites is 1. The molecular formula is C16H22NO3+. The van der Waals surface area contributed by atoms with Crippen molar-refractivity contribution in [3.05, 3.63) is 35.9 Å². The molecule has 4 heteroatoms. The van der Waals surface area contributed by atoms with Crippen LogP contribution in [0.4, 0.5) is 0 Å². The maximum Gasteiger partial charge on any atom is 0.331 e. The molecular weight excluding hydrogens is 254 g/mol. The number of carbonyl (C=O) groups is 1. The molecule has 1 N–H and O–H groups in total. The van der Waals surface area contributed by atoms with Crippen LogP contribution < -0.4 is 9.64 Å². The van der Waals surface area contributed by atoms with Crippen LogP contribution in [0.2, 0.25) is 0 Å². The number of hydrogen-bond acceptors (Lipinski definition) is 3. The smallest absolute Gasteiger partial charge is 0.331 e. The van der Waals surface area contributed by atoms with E-state index in [9.17, 15) is 4.79 Å². The number of nitrogens with one attached hydrogen (secondary N) is 1. The zero-order valence-corrected chi connectivity index (χ0v) is 12.1. The van der Waals surface area contributed by atoms with Gasteiger partial charge in [0.2, 0.25) is 0 Å².